The van der Waals surface area contributed by atoms with Gasteiger partial charge in [0, 0.05) is 10.9 Å². The third kappa shape index (κ3) is 2.54. The molecule has 0 spiro atoms. The second-order valence-electron chi connectivity index (χ2n) is 5.50. The van der Waals surface area contributed by atoms with Gasteiger partial charge in [0.15, 0.2) is 0 Å². The molecule has 2 fully saturated rings. The largest absolute Gasteiger partial charge is 0.349 e. The van der Waals surface area contributed by atoms with Crippen LogP contribution < -0.4 is 5.32 Å². The van der Waals surface area contributed by atoms with Crippen molar-refractivity contribution in [3.8, 4) is 0 Å². The van der Waals surface area contributed by atoms with Gasteiger partial charge in [-0.05, 0) is 49.3 Å². The van der Waals surface area contributed by atoms with E-state index in [0.717, 1.165) is 17.9 Å². The fourth-order valence-corrected chi connectivity index (χ4v) is 2.64. The third-order valence-electron chi connectivity index (χ3n) is 4.10. The summed E-state index contributed by atoms with van der Waals surface area (Å²) in [5.74, 6) is 1.13. The Morgan fingerprint density at radius 2 is 1.83 bits per heavy atom. The highest BCUT2D eigenvalue weighted by Crippen LogP contribution is 2.41. The van der Waals surface area contributed by atoms with Crippen LogP contribution in [0, 0.1) is 11.8 Å². The third-order valence-corrected chi connectivity index (χ3v) is 4.35. The minimum Gasteiger partial charge on any atom is -0.349 e. The van der Waals surface area contributed by atoms with Crippen LogP contribution in [0.2, 0.25) is 5.02 Å². The maximum atomic E-state index is 12.1. The zero-order valence-corrected chi connectivity index (χ0v) is 11.1. The summed E-state index contributed by atoms with van der Waals surface area (Å²) in [6.45, 7) is 0. The molecule has 3 rings (SSSR count). The van der Waals surface area contributed by atoms with Gasteiger partial charge in [-0.2, -0.15) is 0 Å². The van der Waals surface area contributed by atoms with Gasteiger partial charge in [0.05, 0.1) is 6.04 Å². The smallest absolute Gasteiger partial charge is 0.223 e. The summed E-state index contributed by atoms with van der Waals surface area (Å²) in [6.07, 6.45) is 5.76. The number of nitrogens with one attached hydrogen (secondary N) is 1. The summed E-state index contributed by atoms with van der Waals surface area (Å²) in [7, 11) is 0. The first-order valence-electron chi connectivity index (χ1n) is 6.80. The van der Waals surface area contributed by atoms with Crippen LogP contribution in [0.1, 0.15) is 43.7 Å². The molecule has 2 saturated carbocycles. The Labute approximate surface area is 113 Å². The Morgan fingerprint density at radius 1 is 1.17 bits per heavy atom. The zero-order valence-electron chi connectivity index (χ0n) is 10.4. The summed E-state index contributed by atoms with van der Waals surface area (Å²) < 4.78 is 0. The number of hydrogen-bond acceptors (Lipinski definition) is 1. The molecular weight excluding hydrogens is 246 g/mol. The molecule has 18 heavy (non-hydrogen) atoms. The molecule has 0 aliphatic heterocycles. The van der Waals surface area contributed by atoms with Gasteiger partial charge in [0.25, 0.3) is 0 Å². The molecule has 1 aromatic rings. The van der Waals surface area contributed by atoms with Crippen molar-refractivity contribution in [1.82, 2.24) is 5.32 Å². The minimum atomic E-state index is 0.190. The first kappa shape index (κ1) is 12.0. The van der Waals surface area contributed by atoms with Gasteiger partial charge < -0.3 is 5.32 Å². The van der Waals surface area contributed by atoms with E-state index in [0.29, 0.717) is 5.92 Å². The van der Waals surface area contributed by atoms with Crippen molar-refractivity contribution in [1.29, 1.82) is 0 Å². The van der Waals surface area contributed by atoms with Crippen molar-refractivity contribution in [3.63, 3.8) is 0 Å². The van der Waals surface area contributed by atoms with E-state index < -0.39 is 0 Å². The van der Waals surface area contributed by atoms with Crippen molar-refractivity contribution in [2.75, 3.05) is 0 Å². The Bertz CT molecular complexity index is 434. The number of carbonyl (C=O) groups is 1. The Morgan fingerprint density at radius 3 is 2.33 bits per heavy atom. The number of halogens is 1. The van der Waals surface area contributed by atoms with Crippen LogP contribution in [-0.2, 0) is 4.79 Å². The molecule has 2 aliphatic rings. The SMILES string of the molecule is O=C(NC(c1ccc(Cl)cc1)C1CC1)C1CCC1. The number of carbonyl (C=O) groups excluding carboxylic acids is 1. The Balaban J connectivity index is 1.71. The lowest BCUT2D eigenvalue weighted by atomic mass is 9.84. The second kappa shape index (κ2) is 4.93. The molecule has 2 nitrogen and oxygen atoms in total. The maximum absolute atomic E-state index is 12.1. The molecule has 0 radical (unpaired) electrons. The van der Waals surface area contributed by atoms with E-state index in [9.17, 15) is 4.79 Å². The van der Waals surface area contributed by atoms with Gasteiger partial charge in [-0.3, -0.25) is 4.79 Å². The lowest BCUT2D eigenvalue weighted by Gasteiger charge is -2.27. The van der Waals surface area contributed by atoms with E-state index in [1.165, 1.54) is 24.8 Å². The lowest BCUT2D eigenvalue weighted by Crippen LogP contribution is -2.37. The van der Waals surface area contributed by atoms with E-state index in [-0.39, 0.29) is 17.9 Å². The van der Waals surface area contributed by atoms with E-state index >= 15 is 0 Å². The molecule has 0 heterocycles. The molecule has 1 amide bonds. The molecule has 0 bridgehead atoms. The zero-order chi connectivity index (χ0) is 12.5. The second-order valence-corrected chi connectivity index (χ2v) is 5.94. The average Bonchev–Trinajstić information content (AvgIpc) is 3.08. The minimum absolute atomic E-state index is 0.190. The molecular formula is C15H18ClNO. The van der Waals surface area contributed by atoms with Crippen molar-refractivity contribution >= 4 is 17.5 Å². The summed E-state index contributed by atoms with van der Waals surface area (Å²) >= 11 is 5.91. The quantitative estimate of drug-likeness (QED) is 0.882. The summed E-state index contributed by atoms with van der Waals surface area (Å²) in [4.78, 5) is 12.1. The molecule has 2 aliphatic carbocycles. The molecule has 1 unspecified atom stereocenters. The van der Waals surface area contributed by atoms with Gasteiger partial charge in [0.1, 0.15) is 0 Å². The van der Waals surface area contributed by atoms with Crippen molar-refractivity contribution in [3.05, 3.63) is 34.9 Å². The van der Waals surface area contributed by atoms with Crippen molar-refractivity contribution < 1.29 is 4.79 Å². The molecule has 96 valence electrons. The molecule has 0 saturated heterocycles. The van der Waals surface area contributed by atoms with E-state index in [4.69, 9.17) is 11.6 Å². The van der Waals surface area contributed by atoms with E-state index in [1.807, 2.05) is 24.3 Å². The van der Waals surface area contributed by atoms with Gasteiger partial charge in [-0.1, -0.05) is 30.2 Å². The normalized spacial score (nSPS) is 21.2. The Hall–Kier alpha value is -1.02. The van der Waals surface area contributed by atoms with Crippen LogP contribution in [0.3, 0.4) is 0 Å². The van der Waals surface area contributed by atoms with Gasteiger partial charge >= 0.3 is 0 Å². The topological polar surface area (TPSA) is 29.1 Å². The number of hydrogen-bond donors (Lipinski definition) is 1. The molecule has 1 atom stereocenters. The first-order chi connectivity index (χ1) is 8.74. The predicted octanol–water partition coefficient (Wildman–Crippen LogP) is 3.71. The van der Waals surface area contributed by atoms with Crippen LogP contribution >= 0.6 is 11.6 Å². The summed E-state index contributed by atoms with van der Waals surface area (Å²) in [6, 6.07) is 8.07. The monoisotopic (exact) mass is 263 g/mol. The molecule has 1 aromatic carbocycles. The van der Waals surface area contributed by atoms with E-state index in [2.05, 4.69) is 5.32 Å². The van der Waals surface area contributed by atoms with Crippen LogP contribution in [0.15, 0.2) is 24.3 Å². The molecule has 0 aromatic heterocycles. The first-order valence-corrected chi connectivity index (χ1v) is 7.17. The predicted molar refractivity (Wildman–Crippen MR) is 72.4 cm³/mol. The van der Waals surface area contributed by atoms with Crippen LogP contribution in [0.5, 0.6) is 0 Å². The number of benzene rings is 1. The standard InChI is InChI=1S/C15H18ClNO/c16-13-8-6-11(7-9-13)14(10-4-5-10)17-15(18)12-2-1-3-12/h6-10,12,14H,1-5H2,(H,17,18). The average molecular weight is 264 g/mol. The number of rotatable bonds is 4. The summed E-state index contributed by atoms with van der Waals surface area (Å²) in [5, 5.41) is 3.98. The van der Waals surface area contributed by atoms with Gasteiger partial charge in [0.2, 0.25) is 5.91 Å². The van der Waals surface area contributed by atoms with Crippen molar-refractivity contribution in [2.45, 2.75) is 38.1 Å². The van der Waals surface area contributed by atoms with Gasteiger partial charge in [-0.15, -0.1) is 0 Å². The van der Waals surface area contributed by atoms with E-state index in [1.54, 1.807) is 0 Å². The highest BCUT2D eigenvalue weighted by Gasteiger charge is 2.35. The summed E-state index contributed by atoms with van der Waals surface area (Å²) in [5.41, 5.74) is 1.19. The fraction of sp³-hybridized carbons (Fsp3) is 0.533. The fourth-order valence-electron chi connectivity index (χ4n) is 2.51. The maximum Gasteiger partial charge on any atom is 0.223 e. The molecule has 3 heteroatoms. The highest BCUT2D eigenvalue weighted by atomic mass is 35.5. The van der Waals surface area contributed by atoms with Gasteiger partial charge in [-0.25, -0.2) is 0 Å². The molecule has 1 N–H and O–H groups in total. The Kier molecular flexibility index (Phi) is 3.29. The van der Waals surface area contributed by atoms with Crippen molar-refractivity contribution in [2.24, 2.45) is 11.8 Å². The lowest BCUT2D eigenvalue weighted by molar-refractivity contribution is -0.128. The van der Waals surface area contributed by atoms with Crippen LogP contribution in [0.4, 0.5) is 0 Å². The highest BCUT2D eigenvalue weighted by molar-refractivity contribution is 6.30. The van der Waals surface area contributed by atoms with Crippen LogP contribution in [-0.4, -0.2) is 5.91 Å². The number of amides is 1. The van der Waals surface area contributed by atoms with Crippen LogP contribution in [0.25, 0.3) is 0 Å².